The topological polar surface area (TPSA) is 87.9 Å². The lowest BCUT2D eigenvalue weighted by molar-refractivity contribution is -0.121. The molecule has 2 heterocycles. The molecule has 2 fully saturated rings. The summed E-state index contributed by atoms with van der Waals surface area (Å²) < 4.78 is 5.43. The van der Waals surface area contributed by atoms with Crippen LogP contribution in [0, 0.1) is 5.92 Å². The van der Waals surface area contributed by atoms with Crippen LogP contribution in [0.1, 0.15) is 25.7 Å². The molecule has 142 valence electrons. The average molecular weight is 360 g/mol. The number of nitrogens with one attached hydrogen (secondary N) is 1. The Morgan fingerprint density at radius 3 is 2.46 bits per heavy atom. The summed E-state index contributed by atoms with van der Waals surface area (Å²) in [6.07, 6.45) is 3.83. The van der Waals surface area contributed by atoms with Gasteiger partial charge in [0, 0.05) is 38.4 Å². The predicted octanol–water partition coefficient (Wildman–Crippen LogP) is 1.89. The average Bonchev–Trinajstić information content (AvgIpc) is 3.21. The van der Waals surface area contributed by atoms with Gasteiger partial charge in [-0.3, -0.25) is 4.79 Å². The molecule has 1 aromatic rings. The number of urea groups is 1. The minimum Gasteiger partial charge on any atom is -0.492 e. The highest BCUT2D eigenvalue weighted by Gasteiger charge is 2.31. The molecule has 7 heteroatoms. The van der Waals surface area contributed by atoms with E-state index in [1.54, 1.807) is 0 Å². The Hall–Kier alpha value is -2.28. The number of anilines is 1. The molecule has 0 bridgehead atoms. The number of carbonyl (C=O) groups is 2. The second-order valence-corrected chi connectivity index (χ2v) is 6.91. The van der Waals surface area contributed by atoms with Crippen LogP contribution in [0.5, 0.6) is 5.75 Å². The molecule has 0 aliphatic carbocycles. The van der Waals surface area contributed by atoms with Crippen LogP contribution in [0.3, 0.4) is 0 Å². The Balaban J connectivity index is 1.53. The molecule has 3 N–H and O–H groups in total. The minimum absolute atomic E-state index is 0.0282. The highest BCUT2D eigenvalue weighted by molar-refractivity contribution is 5.93. The Morgan fingerprint density at radius 2 is 1.77 bits per heavy atom. The monoisotopic (exact) mass is 360 g/mol. The Bertz CT molecular complexity index is 614. The zero-order chi connectivity index (χ0) is 18.4. The molecule has 0 saturated carbocycles. The first-order chi connectivity index (χ1) is 12.7. The van der Waals surface area contributed by atoms with Crippen LogP contribution >= 0.6 is 0 Å². The third-order valence-corrected chi connectivity index (χ3v) is 4.95. The molecule has 2 saturated heterocycles. The van der Waals surface area contributed by atoms with Crippen molar-refractivity contribution < 1.29 is 14.3 Å². The molecular weight excluding hydrogens is 332 g/mol. The first-order valence-electron chi connectivity index (χ1n) is 9.45. The molecule has 2 aliphatic heterocycles. The van der Waals surface area contributed by atoms with Gasteiger partial charge in [0.2, 0.25) is 5.91 Å². The summed E-state index contributed by atoms with van der Waals surface area (Å²) in [4.78, 5) is 28.9. The van der Waals surface area contributed by atoms with Crippen LogP contribution in [-0.2, 0) is 4.79 Å². The number of piperidine rings is 1. The van der Waals surface area contributed by atoms with Crippen molar-refractivity contribution in [2.45, 2.75) is 25.7 Å². The smallest absolute Gasteiger partial charge is 0.320 e. The van der Waals surface area contributed by atoms with E-state index in [-0.39, 0.29) is 17.9 Å². The fourth-order valence-electron chi connectivity index (χ4n) is 3.53. The van der Waals surface area contributed by atoms with Crippen molar-refractivity contribution in [3.63, 3.8) is 0 Å². The molecule has 26 heavy (non-hydrogen) atoms. The minimum atomic E-state index is -0.163. The standard InChI is InChI=1S/C19H28N4O3/c20-9-13-26-17-7-5-16(6-8-17)21-18(24)15-4-3-12-23(14-15)19(25)22-10-1-2-11-22/h5-8,15H,1-4,9-14,20H2,(H,21,24). The van der Waals surface area contributed by atoms with E-state index in [2.05, 4.69) is 5.32 Å². The lowest BCUT2D eigenvalue weighted by Gasteiger charge is -2.34. The third kappa shape index (κ3) is 4.66. The number of benzene rings is 1. The summed E-state index contributed by atoms with van der Waals surface area (Å²) in [5.74, 6) is 0.538. The van der Waals surface area contributed by atoms with Gasteiger partial charge in [0.05, 0.1) is 5.92 Å². The second kappa shape index (κ2) is 8.89. The summed E-state index contributed by atoms with van der Waals surface area (Å²) in [5.41, 5.74) is 6.15. The van der Waals surface area contributed by atoms with E-state index in [1.807, 2.05) is 34.1 Å². The highest BCUT2D eigenvalue weighted by atomic mass is 16.5. The zero-order valence-electron chi connectivity index (χ0n) is 15.2. The molecule has 2 aliphatic rings. The lowest BCUT2D eigenvalue weighted by atomic mass is 9.97. The molecule has 1 atom stereocenters. The van der Waals surface area contributed by atoms with Gasteiger partial charge in [0.15, 0.2) is 0 Å². The second-order valence-electron chi connectivity index (χ2n) is 6.91. The van der Waals surface area contributed by atoms with Gasteiger partial charge in [-0.05, 0) is 49.9 Å². The number of rotatable bonds is 5. The Kier molecular flexibility index (Phi) is 6.33. The summed E-state index contributed by atoms with van der Waals surface area (Å²) in [6, 6.07) is 7.35. The van der Waals surface area contributed by atoms with Crippen LogP contribution in [0.15, 0.2) is 24.3 Å². The van der Waals surface area contributed by atoms with Gasteiger partial charge in [-0.15, -0.1) is 0 Å². The van der Waals surface area contributed by atoms with E-state index >= 15 is 0 Å². The number of hydrogen-bond donors (Lipinski definition) is 2. The number of carbonyl (C=O) groups excluding carboxylic acids is 2. The Morgan fingerprint density at radius 1 is 1.08 bits per heavy atom. The van der Waals surface area contributed by atoms with Gasteiger partial charge < -0.3 is 25.6 Å². The van der Waals surface area contributed by atoms with Gasteiger partial charge in [-0.2, -0.15) is 0 Å². The molecule has 3 amide bonds. The fourth-order valence-corrected chi connectivity index (χ4v) is 3.53. The van der Waals surface area contributed by atoms with Crippen molar-refractivity contribution >= 4 is 17.6 Å². The van der Waals surface area contributed by atoms with Crippen molar-refractivity contribution in [1.82, 2.24) is 9.80 Å². The van der Waals surface area contributed by atoms with Crippen LogP contribution in [0.25, 0.3) is 0 Å². The normalized spacial score (nSPS) is 20.1. The van der Waals surface area contributed by atoms with Crippen molar-refractivity contribution in [2.75, 3.05) is 44.6 Å². The van der Waals surface area contributed by atoms with Gasteiger partial charge in [-0.1, -0.05) is 0 Å². The van der Waals surface area contributed by atoms with E-state index in [9.17, 15) is 9.59 Å². The van der Waals surface area contributed by atoms with Crippen molar-refractivity contribution in [1.29, 1.82) is 0 Å². The van der Waals surface area contributed by atoms with Crippen molar-refractivity contribution in [3.8, 4) is 5.75 Å². The summed E-state index contributed by atoms with van der Waals surface area (Å²) in [7, 11) is 0. The molecule has 7 nitrogen and oxygen atoms in total. The fraction of sp³-hybridized carbons (Fsp3) is 0.579. The van der Waals surface area contributed by atoms with Crippen molar-refractivity contribution in [2.24, 2.45) is 11.7 Å². The van der Waals surface area contributed by atoms with E-state index in [0.717, 1.165) is 56.8 Å². The Labute approximate surface area is 154 Å². The van der Waals surface area contributed by atoms with Gasteiger partial charge in [0.1, 0.15) is 12.4 Å². The predicted molar refractivity (Wildman–Crippen MR) is 100 cm³/mol. The number of ether oxygens (including phenoxy) is 1. The number of amides is 3. The van der Waals surface area contributed by atoms with Crippen LogP contribution in [-0.4, -0.2) is 61.1 Å². The van der Waals surface area contributed by atoms with E-state index in [4.69, 9.17) is 10.5 Å². The maximum Gasteiger partial charge on any atom is 0.320 e. The molecule has 0 aromatic heterocycles. The van der Waals surface area contributed by atoms with Crippen LogP contribution in [0.2, 0.25) is 0 Å². The molecule has 1 aromatic carbocycles. The van der Waals surface area contributed by atoms with E-state index in [0.29, 0.717) is 19.7 Å². The first-order valence-corrected chi connectivity index (χ1v) is 9.45. The highest BCUT2D eigenvalue weighted by Crippen LogP contribution is 2.22. The van der Waals surface area contributed by atoms with Crippen molar-refractivity contribution in [3.05, 3.63) is 24.3 Å². The third-order valence-electron chi connectivity index (χ3n) is 4.95. The van der Waals surface area contributed by atoms with Gasteiger partial charge in [0.25, 0.3) is 0 Å². The largest absolute Gasteiger partial charge is 0.492 e. The number of likely N-dealkylation sites (tertiary alicyclic amines) is 2. The van der Waals surface area contributed by atoms with Crippen LogP contribution < -0.4 is 15.8 Å². The summed E-state index contributed by atoms with van der Waals surface area (Å²) in [5, 5.41) is 2.95. The number of nitrogens with two attached hydrogens (primary N) is 1. The molecule has 3 rings (SSSR count). The first kappa shape index (κ1) is 18.5. The quantitative estimate of drug-likeness (QED) is 0.839. The number of hydrogen-bond acceptors (Lipinski definition) is 4. The molecule has 1 unspecified atom stereocenters. The summed E-state index contributed by atoms with van der Waals surface area (Å²) in [6.45, 7) is 3.85. The van der Waals surface area contributed by atoms with Gasteiger partial charge in [-0.25, -0.2) is 4.79 Å². The van der Waals surface area contributed by atoms with E-state index < -0.39 is 0 Å². The summed E-state index contributed by atoms with van der Waals surface area (Å²) >= 11 is 0. The molecule has 0 radical (unpaired) electrons. The molecule has 0 spiro atoms. The maximum atomic E-state index is 12.6. The zero-order valence-corrected chi connectivity index (χ0v) is 15.2. The maximum absolute atomic E-state index is 12.6. The SMILES string of the molecule is NCCOc1ccc(NC(=O)C2CCCN(C(=O)N3CCCC3)C2)cc1. The lowest BCUT2D eigenvalue weighted by Crippen LogP contribution is -2.48. The van der Waals surface area contributed by atoms with Crippen LogP contribution in [0.4, 0.5) is 10.5 Å². The van der Waals surface area contributed by atoms with Gasteiger partial charge >= 0.3 is 6.03 Å². The molecular formula is C19H28N4O3. The van der Waals surface area contributed by atoms with E-state index in [1.165, 1.54) is 0 Å². The number of nitrogens with zero attached hydrogens (tertiary/aromatic N) is 2.